The van der Waals surface area contributed by atoms with Crippen LogP contribution in [0.4, 0.5) is 17.3 Å². The number of hydrogen-bond acceptors (Lipinski definition) is 4. The summed E-state index contributed by atoms with van der Waals surface area (Å²) in [5.41, 5.74) is 3.80. The summed E-state index contributed by atoms with van der Waals surface area (Å²) in [5, 5.41) is 3.39. The summed E-state index contributed by atoms with van der Waals surface area (Å²) in [4.78, 5) is 23.7. The largest absolute Gasteiger partial charge is 0.321 e. The normalized spacial score (nSPS) is 10.5. The van der Waals surface area contributed by atoms with Crippen LogP contribution in [0.3, 0.4) is 0 Å². The van der Waals surface area contributed by atoms with Gasteiger partial charge in [-0.1, -0.05) is 29.8 Å². The molecule has 0 aliphatic heterocycles. The zero-order valence-corrected chi connectivity index (χ0v) is 16.3. The second-order valence-electron chi connectivity index (χ2n) is 6.24. The predicted octanol–water partition coefficient (Wildman–Crippen LogP) is 5.16. The van der Waals surface area contributed by atoms with Crippen LogP contribution < -0.4 is 10.2 Å². The van der Waals surface area contributed by atoms with Crippen molar-refractivity contribution < 1.29 is 4.79 Å². The summed E-state index contributed by atoms with van der Waals surface area (Å²) in [6, 6.07) is 16.8. The van der Waals surface area contributed by atoms with Crippen molar-refractivity contribution in [2.45, 2.75) is 20.8 Å². The van der Waals surface area contributed by atoms with Gasteiger partial charge in [0.1, 0.15) is 5.69 Å². The Hall–Kier alpha value is -2.92. The average molecular weight is 381 g/mol. The molecule has 6 heteroatoms. The Kier molecular flexibility index (Phi) is 5.72. The van der Waals surface area contributed by atoms with Crippen LogP contribution in [0, 0.1) is 13.8 Å². The predicted molar refractivity (Wildman–Crippen MR) is 110 cm³/mol. The lowest BCUT2D eigenvalue weighted by Crippen LogP contribution is -2.22. The van der Waals surface area contributed by atoms with E-state index in [0.717, 1.165) is 16.9 Å². The second kappa shape index (κ2) is 8.18. The minimum Gasteiger partial charge on any atom is -0.321 e. The van der Waals surface area contributed by atoms with Crippen LogP contribution in [-0.2, 0) is 0 Å². The Bertz CT molecular complexity index is 974. The monoisotopic (exact) mass is 380 g/mol. The molecular weight excluding hydrogens is 360 g/mol. The van der Waals surface area contributed by atoms with Crippen LogP contribution in [0.15, 0.2) is 54.6 Å². The van der Waals surface area contributed by atoms with Gasteiger partial charge in [0.2, 0.25) is 5.95 Å². The second-order valence-corrected chi connectivity index (χ2v) is 6.68. The van der Waals surface area contributed by atoms with Crippen molar-refractivity contribution in [2.75, 3.05) is 16.8 Å². The third kappa shape index (κ3) is 4.63. The number of hydrogen-bond donors (Lipinski definition) is 1. The quantitative estimate of drug-likeness (QED) is 0.664. The first-order valence-electron chi connectivity index (χ1n) is 8.73. The molecule has 138 valence electrons. The fourth-order valence-electron chi connectivity index (χ4n) is 2.79. The van der Waals surface area contributed by atoms with E-state index in [2.05, 4.69) is 21.4 Å². The van der Waals surface area contributed by atoms with E-state index < -0.39 is 0 Å². The van der Waals surface area contributed by atoms with Crippen molar-refractivity contribution in [1.29, 1.82) is 0 Å². The highest BCUT2D eigenvalue weighted by atomic mass is 35.5. The van der Waals surface area contributed by atoms with Gasteiger partial charge in [-0.25, -0.2) is 9.97 Å². The minimum atomic E-state index is -0.302. The van der Waals surface area contributed by atoms with Crippen LogP contribution in [0.5, 0.6) is 0 Å². The molecule has 1 N–H and O–H groups in total. The highest BCUT2D eigenvalue weighted by Crippen LogP contribution is 2.24. The highest BCUT2D eigenvalue weighted by Gasteiger charge is 2.16. The van der Waals surface area contributed by atoms with Gasteiger partial charge in [0.05, 0.1) is 0 Å². The molecule has 0 atom stereocenters. The third-order valence-electron chi connectivity index (χ3n) is 4.03. The van der Waals surface area contributed by atoms with E-state index >= 15 is 0 Å². The van der Waals surface area contributed by atoms with Crippen molar-refractivity contribution in [3.63, 3.8) is 0 Å². The first kappa shape index (κ1) is 18.9. The molecule has 0 saturated carbocycles. The van der Waals surface area contributed by atoms with E-state index in [1.165, 1.54) is 0 Å². The van der Waals surface area contributed by atoms with Crippen LogP contribution in [0.1, 0.15) is 28.7 Å². The van der Waals surface area contributed by atoms with E-state index in [9.17, 15) is 4.79 Å². The molecule has 0 fully saturated rings. The number of halogens is 1. The van der Waals surface area contributed by atoms with Crippen LogP contribution in [0.2, 0.25) is 5.02 Å². The number of nitrogens with one attached hydrogen (secondary N) is 1. The third-order valence-corrected chi connectivity index (χ3v) is 4.26. The highest BCUT2D eigenvalue weighted by molar-refractivity contribution is 6.30. The lowest BCUT2D eigenvalue weighted by Gasteiger charge is -2.22. The molecule has 2 aromatic carbocycles. The average Bonchev–Trinajstić information content (AvgIpc) is 2.62. The maximum absolute atomic E-state index is 12.7. The number of benzene rings is 2. The molecule has 1 amide bonds. The van der Waals surface area contributed by atoms with Crippen molar-refractivity contribution in [1.82, 2.24) is 9.97 Å². The molecule has 0 radical (unpaired) electrons. The summed E-state index contributed by atoms with van der Waals surface area (Å²) in [6.07, 6.45) is 0. The van der Waals surface area contributed by atoms with E-state index in [-0.39, 0.29) is 5.91 Å². The lowest BCUT2D eigenvalue weighted by atomic mass is 10.2. The SMILES string of the molecule is CCN(c1cccc(C)c1)c1nc(C)cc(C(=O)Nc2cccc(Cl)c2)n1. The van der Waals surface area contributed by atoms with Crippen LogP contribution in [-0.4, -0.2) is 22.4 Å². The van der Waals surface area contributed by atoms with Gasteiger partial charge in [-0.15, -0.1) is 0 Å². The molecule has 0 aliphatic carbocycles. The minimum absolute atomic E-state index is 0.302. The number of carbonyl (C=O) groups excluding carboxylic acids is 1. The Morgan fingerprint density at radius 2 is 1.85 bits per heavy atom. The van der Waals surface area contributed by atoms with Gasteiger partial charge in [-0.2, -0.15) is 0 Å². The van der Waals surface area contributed by atoms with Gasteiger partial charge < -0.3 is 10.2 Å². The van der Waals surface area contributed by atoms with Crippen molar-refractivity contribution in [3.05, 3.63) is 76.6 Å². The molecule has 5 nitrogen and oxygen atoms in total. The fraction of sp³-hybridized carbons (Fsp3) is 0.190. The number of amides is 1. The molecular formula is C21H21ClN4O. The van der Waals surface area contributed by atoms with Gasteiger partial charge in [0.15, 0.2) is 0 Å². The number of nitrogens with zero attached hydrogens (tertiary/aromatic N) is 3. The van der Waals surface area contributed by atoms with Gasteiger partial charge in [-0.05, 0) is 62.7 Å². The number of aromatic nitrogens is 2. The Balaban J connectivity index is 1.92. The number of aryl methyl sites for hydroxylation is 2. The fourth-order valence-corrected chi connectivity index (χ4v) is 2.98. The van der Waals surface area contributed by atoms with E-state index in [1.54, 1.807) is 30.3 Å². The summed E-state index contributed by atoms with van der Waals surface area (Å²) in [5.74, 6) is 0.198. The molecule has 0 unspecified atom stereocenters. The number of rotatable bonds is 5. The molecule has 0 bridgehead atoms. The van der Waals surface area contributed by atoms with Gasteiger partial charge in [0, 0.05) is 28.6 Å². The molecule has 0 saturated heterocycles. The topological polar surface area (TPSA) is 58.1 Å². The first-order chi connectivity index (χ1) is 13.0. The Morgan fingerprint density at radius 3 is 2.56 bits per heavy atom. The van der Waals surface area contributed by atoms with E-state index in [0.29, 0.717) is 28.9 Å². The van der Waals surface area contributed by atoms with Gasteiger partial charge in [-0.3, -0.25) is 4.79 Å². The summed E-state index contributed by atoms with van der Waals surface area (Å²) < 4.78 is 0. The van der Waals surface area contributed by atoms with Crippen molar-refractivity contribution in [2.24, 2.45) is 0 Å². The van der Waals surface area contributed by atoms with Crippen LogP contribution >= 0.6 is 11.6 Å². The molecule has 0 aliphatic rings. The summed E-state index contributed by atoms with van der Waals surface area (Å²) in [7, 11) is 0. The molecule has 3 aromatic rings. The number of anilines is 3. The molecule has 1 aromatic heterocycles. The molecule has 1 heterocycles. The zero-order chi connectivity index (χ0) is 19.4. The zero-order valence-electron chi connectivity index (χ0n) is 15.5. The number of carbonyl (C=O) groups is 1. The maximum Gasteiger partial charge on any atom is 0.274 e. The molecule has 27 heavy (non-hydrogen) atoms. The van der Waals surface area contributed by atoms with E-state index in [1.807, 2.05) is 43.9 Å². The lowest BCUT2D eigenvalue weighted by molar-refractivity contribution is 0.102. The Morgan fingerprint density at radius 1 is 1.07 bits per heavy atom. The standard InChI is InChI=1S/C21H21ClN4O/c1-4-26(18-10-5-7-14(2)11-18)21-23-15(3)12-19(25-21)20(27)24-17-9-6-8-16(22)13-17/h5-13H,4H2,1-3H3,(H,24,27). The molecule has 3 rings (SSSR count). The first-order valence-corrected chi connectivity index (χ1v) is 9.11. The summed E-state index contributed by atoms with van der Waals surface area (Å²) >= 11 is 5.98. The molecule has 0 spiro atoms. The van der Waals surface area contributed by atoms with Gasteiger partial charge in [0.25, 0.3) is 5.91 Å². The summed E-state index contributed by atoms with van der Waals surface area (Å²) in [6.45, 7) is 6.60. The van der Waals surface area contributed by atoms with Crippen molar-refractivity contribution in [3.8, 4) is 0 Å². The van der Waals surface area contributed by atoms with Gasteiger partial charge >= 0.3 is 0 Å². The van der Waals surface area contributed by atoms with Crippen molar-refractivity contribution >= 4 is 34.8 Å². The van der Waals surface area contributed by atoms with Crippen LogP contribution in [0.25, 0.3) is 0 Å². The maximum atomic E-state index is 12.7. The van der Waals surface area contributed by atoms with E-state index in [4.69, 9.17) is 11.6 Å². The smallest absolute Gasteiger partial charge is 0.274 e. The Labute approximate surface area is 164 Å².